The van der Waals surface area contributed by atoms with Crippen molar-refractivity contribution in [2.45, 2.75) is 13.0 Å². The lowest BCUT2D eigenvalue weighted by atomic mass is 9.85. The first-order valence-corrected chi connectivity index (χ1v) is 7.48. The van der Waals surface area contributed by atoms with Crippen molar-refractivity contribution in [3.05, 3.63) is 36.3 Å². The molecule has 2 bridgehead atoms. The fourth-order valence-corrected chi connectivity index (χ4v) is 3.92. The molecule has 2 aliphatic carbocycles. The Morgan fingerprint density at radius 1 is 1.23 bits per heavy atom. The number of fused-ring (bicyclic) bond motifs is 5. The van der Waals surface area contributed by atoms with E-state index in [1.807, 2.05) is 12.2 Å². The van der Waals surface area contributed by atoms with Crippen molar-refractivity contribution in [2.75, 3.05) is 6.54 Å². The number of hydrogen-bond acceptors (Lipinski definition) is 4. The van der Waals surface area contributed by atoms with Crippen LogP contribution in [0.4, 0.5) is 0 Å². The number of carbonyl (C=O) groups excluding carboxylic acids is 3. The van der Waals surface area contributed by atoms with Gasteiger partial charge in [0.1, 0.15) is 12.3 Å². The standard InChI is InChI=1S/C16H16N2O4/c19-12(17-7-11-2-1-5-22-11)8-18-15(20)13-9-3-4-10(6-9)14(13)16(18)21/h1-5,9-10,13-14H,6-8H2,(H,17,19)/t9-,10+,13-,14+. The zero-order valence-electron chi connectivity index (χ0n) is 11.9. The maximum atomic E-state index is 12.4. The fourth-order valence-electron chi connectivity index (χ4n) is 3.92. The highest BCUT2D eigenvalue weighted by atomic mass is 16.3. The molecule has 1 N–H and O–H groups in total. The summed E-state index contributed by atoms with van der Waals surface area (Å²) in [4.78, 5) is 37.9. The number of amides is 3. The van der Waals surface area contributed by atoms with Crippen LogP contribution in [0.5, 0.6) is 0 Å². The monoisotopic (exact) mass is 300 g/mol. The second kappa shape index (κ2) is 4.83. The topological polar surface area (TPSA) is 79.6 Å². The molecule has 6 heteroatoms. The Bertz CT molecular complexity index is 634. The van der Waals surface area contributed by atoms with Gasteiger partial charge in [-0.2, -0.15) is 0 Å². The molecule has 2 fully saturated rings. The van der Waals surface area contributed by atoms with Crippen LogP contribution in [0.3, 0.4) is 0 Å². The molecule has 114 valence electrons. The van der Waals surface area contributed by atoms with Crippen molar-refractivity contribution in [3.63, 3.8) is 0 Å². The van der Waals surface area contributed by atoms with E-state index in [0.717, 1.165) is 11.3 Å². The van der Waals surface area contributed by atoms with Gasteiger partial charge in [0.05, 0.1) is 24.6 Å². The Balaban J connectivity index is 1.40. The van der Waals surface area contributed by atoms with Gasteiger partial charge in [-0.3, -0.25) is 19.3 Å². The summed E-state index contributed by atoms with van der Waals surface area (Å²) in [6, 6.07) is 3.49. The first-order chi connectivity index (χ1) is 10.6. The van der Waals surface area contributed by atoms with Crippen LogP contribution in [-0.4, -0.2) is 29.2 Å². The first kappa shape index (κ1) is 13.3. The normalized spacial score (nSPS) is 31.9. The van der Waals surface area contributed by atoms with Gasteiger partial charge < -0.3 is 9.73 Å². The second-order valence-electron chi connectivity index (χ2n) is 6.12. The van der Waals surface area contributed by atoms with Gasteiger partial charge in [-0.05, 0) is 30.4 Å². The van der Waals surface area contributed by atoms with Crippen LogP contribution >= 0.6 is 0 Å². The molecule has 4 rings (SSSR count). The summed E-state index contributed by atoms with van der Waals surface area (Å²) in [7, 11) is 0. The number of allylic oxidation sites excluding steroid dienone is 2. The number of hydrogen-bond donors (Lipinski definition) is 1. The molecule has 0 unspecified atom stereocenters. The van der Waals surface area contributed by atoms with Gasteiger partial charge in [-0.25, -0.2) is 0 Å². The molecular formula is C16H16N2O4. The molecule has 3 aliphatic rings. The molecule has 3 amide bonds. The minimum absolute atomic E-state index is 0.169. The summed E-state index contributed by atoms with van der Waals surface area (Å²) in [5, 5.41) is 2.66. The maximum Gasteiger partial charge on any atom is 0.240 e. The van der Waals surface area contributed by atoms with Crippen LogP contribution in [0.2, 0.25) is 0 Å². The summed E-state index contributed by atoms with van der Waals surface area (Å²) in [6.07, 6.45) is 6.50. The van der Waals surface area contributed by atoms with Crippen LogP contribution in [0.25, 0.3) is 0 Å². The molecular weight excluding hydrogens is 284 g/mol. The number of furan rings is 1. The van der Waals surface area contributed by atoms with Crippen LogP contribution in [-0.2, 0) is 20.9 Å². The van der Waals surface area contributed by atoms with Crippen molar-refractivity contribution >= 4 is 17.7 Å². The molecule has 1 saturated carbocycles. The highest BCUT2D eigenvalue weighted by molar-refractivity contribution is 6.08. The number of nitrogens with one attached hydrogen (secondary N) is 1. The largest absolute Gasteiger partial charge is 0.467 e. The average molecular weight is 300 g/mol. The predicted octanol–water partition coefficient (Wildman–Crippen LogP) is 0.703. The van der Waals surface area contributed by atoms with Crippen LogP contribution in [0.15, 0.2) is 35.0 Å². The minimum Gasteiger partial charge on any atom is -0.467 e. The number of likely N-dealkylation sites (tertiary alicyclic amines) is 1. The van der Waals surface area contributed by atoms with E-state index in [9.17, 15) is 14.4 Å². The van der Waals surface area contributed by atoms with E-state index in [-0.39, 0.29) is 54.5 Å². The van der Waals surface area contributed by atoms with E-state index >= 15 is 0 Å². The van der Waals surface area contributed by atoms with Gasteiger partial charge in [-0.1, -0.05) is 12.2 Å². The van der Waals surface area contributed by atoms with Crippen LogP contribution in [0.1, 0.15) is 12.2 Å². The SMILES string of the molecule is O=C(CN1C(=O)[C@@H]2[C@H](C1=O)[C@@H]1C=C[C@H]2C1)NCc1ccco1. The zero-order valence-corrected chi connectivity index (χ0v) is 11.9. The Kier molecular flexibility index (Phi) is 2.92. The van der Waals surface area contributed by atoms with Gasteiger partial charge in [0.25, 0.3) is 0 Å². The Morgan fingerprint density at radius 2 is 1.91 bits per heavy atom. The third kappa shape index (κ3) is 1.90. The van der Waals surface area contributed by atoms with Gasteiger partial charge in [0.15, 0.2) is 0 Å². The molecule has 2 heterocycles. The van der Waals surface area contributed by atoms with Gasteiger partial charge >= 0.3 is 0 Å². The molecule has 4 atom stereocenters. The van der Waals surface area contributed by atoms with Gasteiger partial charge in [-0.15, -0.1) is 0 Å². The van der Waals surface area contributed by atoms with Crippen LogP contribution < -0.4 is 5.32 Å². The van der Waals surface area contributed by atoms with Crippen molar-refractivity contribution in [1.29, 1.82) is 0 Å². The third-order valence-corrected chi connectivity index (χ3v) is 4.90. The van der Waals surface area contributed by atoms with Crippen LogP contribution in [0, 0.1) is 23.7 Å². The Hall–Kier alpha value is -2.37. The molecule has 1 saturated heterocycles. The summed E-state index contributed by atoms with van der Waals surface area (Å²) in [5.74, 6) is -0.268. The smallest absolute Gasteiger partial charge is 0.240 e. The minimum atomic E-state index is -0.349. The summed E-state index contributed by atoms with van der Waals surface area (Å²) in [6.45, 7) is 0.0481. The second-order valence-corrected chi connectivity index (χ2v) is 6.12. The number of nitrogens with zero attached hydrogens (tertiary/aromatic N) is 1. The molecule has 0 aromatic carbocycles. The molecule has 6 nitrogen and oxygen atoms in total. The van der Waals surface area contributed by atoms with Crippen molar-refractivity contribution < 1.29 is 18.8 Å². The number of rotatable bonds is 4. The van der Waals surface area contributed by atoms with E-state index in [1.54, 1.807) is 12.1 Å². The Morgan fingerprint density at radius 3 is 2.50 bits per heavy atom. The predicted molar refractivity (Wildman–Crippen MR) is 75.0 cm³/mol. The number of imide groups is 1. The first-order valence-electron chi connectivity index (χ1n) is 7.48. The highest BCUT2D eigenvalue weighted by Crippen LogP contribution is 2.52. The summed E-state index contributed by atoms with van der Waals surface area (Å²) < 4.78 is 5.12. The molecule has 1 aliphatic heterocycles. The number of carbonyl (C=O) groups is 3. The van der Waals surface area contributed by atoms with Gasteiger partial charge in [0.2, 0.25) is 17.7 Å². The molecule has 1 aromatic rings. The molecule has 0 spiro atoms. The fraction of sp³-hybridized carbons (Fsp3) is 0.438. The van der Waals surface area contributed by atoms with Crippen molar-refractivity contribution in [1.82, 2.24) is 10.2 Å². The summed E-state index contributed by atoms with van der Waals surface area (Å²) >= 11 is 0. The van der Waals surface area contributed by atoms with E-state index in [4.69, 9.17) is 4.42 Å². The van der Waals surface area contributed by atoms with E-state index < -0.39 is 0 Å². The van der Waals surface area contributed by atoms with E-state index in [1.165, 1.54) is 6.26 Å². The zero-order chi connectivity index (χ0) is 15.3. The van der Waals surface area contributed by atoms with Crippen molar-refractivity contribution in [3.8, 4) is 0 Å². The Labute approximate surface area is 127 Å². The van der Waals surface area contributed by atoms with E-state index in [2.05, 4.69) is 5.32 Å². The molecule has 22 heavy (non-hydrogen) atoms. The lowest BCUT2D eigenvalue weighted by Gasteiger charge is -2.16. The lowest BCUT2D eigenvalue weighted by molar-refractivity contribution is -0.144. The van der Waals surface area contributed by atoms with E-state index in [0.29, 0.717) is 5.76 Å². The molecule has 0 radical (unpaired) electrons. The molecule has 1 aromatic heterocycles. The third-order valence-electron chi connectivity index (χ3n) is 4.90. The summed E-state index contributed by atoms with van der Waals surface area (Å²) in [5.41, 5.74) is 0. The van der Waals surface area contributed by atoms with Crippen molar-refractivity contribution in [2.24, 2.45) is 23.7 Å². The average Bonchev–Trinajstić information content (AvgIpc) is 3.26. The van der Waals surface area contributed by atoms with Gasteiger partial charge in [0, 0.05) is 0 Å². The lowest BCUT2D eigenvalue weighted by Crippen LogP contribution is -2.41. The highest BCUT2D eigenvalue weighted by Gasteiger charge is 2.59. The maximum absolute atomic E-state index is 12.4. The quantitative estimate of drug-likeness (QED) is 0.656.